The number of hydrogen-bond acceptors (Lipinski definition) is 1. The first-order valence-electron chi connectivity index (χ1n) is 8.11. The molecule has 1 aliphatic rings. The molecule has 3 aromatic rings. The summed E-state index contributed by atoms with van der Waals surface area (Å²) in [7, 11) is 0. The van der Waals surface area contributed by atoms with Crippen LogP contribution in [0.4, 0.5) is 5.69 Å². The van der Waals surface area contributed by atoms with Gasteiger partial charge in [0.1, 0.15) is 0 Å². The first kappa shape index (κ1) is 14.7. The molecule has 0 saturated heterocycles. The van der Waals surface area contributed by atoms with Gasteiger partial charge >= 0.3 is 0 Å². The van der Waals surface area contributed by atoms with Crippen LogP contribution in [0.5, 0.6) is 0 Å². The monoisotopic (exact) mass is 310 g/mol. The van der Waals surface area contributed by atoms with Crippen molar-refractivity contribution in [2.75, 3.05) is 0 Å². The second-order valence-corrected chi connectivity index (χ2v) is 6.92. The van der Waals surface area contributed by atoms with Crippen molar-refractivity contribution in [3.63, 3.8) is 0 Å². The number of hydrogen-bond donors (Lipinski definition) is 0. The van der Waals surface area contributed by atoms with Crippen LogP contribution < -0.4 is 0 Å². The van der Waals surface area contributed by atoms with E-state index in [9.17, 15) is 0 Å². The number of rotatable bonds is 1. The van der Waals surface area contributed by atoms with Crippen molar-refractivity contribution in [2.24, 2.45) is 0 Å². The zero-order valence-corrected chi connectivity index (χ0v) is 14.1. The molecular formula is C22H18N2. The number of benzene rings is 2. The fourth-order valence-corrected chi connectivity index (χ4v) is 3.78. The van der Waals surface area contributed by atoms with Gasteiger partial charge in [-0.1, -0.05) is 56.3 Å². The first-order chi connectivity index (χ1) is 11.5. The van der Waals surface area contributed by atoms with Crippen molar-refractivity contribution < 1.29 is 0 Å². The van der Waals surface area contributed by atoms with Crippen molar-refractivity contribution in [3.8, 4) is 22.4 Å². The molecule has 0 saturated carbocycles. The Kier molecular flexibility index (Phi) is 3.08. The van der Waals surface area contributed by atoms with Crippen LogP contribution in [-0.2, 0) is 5.41 Å². The van der Waals surface area contributed by atoms with Crippen molar-refractivity contribution in [3.05, 3.63) is 82.8 Å². The fraction of sp³-hybridized carbons (Fsp3) is 0.182. The van der Waals surface area contributed by atoms with E-state index in [4.69, 9.17) is 6.57 Å². The quantitative estimate of drug-likeness (QED) is 0.510. The standard InChI is InChI=1S/C22H18N2/c1-14-8-11-20(24-13-14)18-7-5-6-17-16-10-9-15(23-4)12-19(16)22(2,3)21(17)18/h5-13H,1-3H3. The SMILES string of the molecule is [C-]#[N+]c1ccc2c(c1)C(C)(C)c1c(-c3ccc(C)cn3)cccc1-2. The molecule has 116 valence electrons. The molecule has 1 aromatic heterocycles. The highest BCUT2D eigenvalue weighted by molar-refractivity contribution is 5.88. The van der Waals surface area contributed by atoms with Gasteiger partial charge in [0.25, 0.3) is 0 Å². The summed E-state index contributed by atoms with van der Waals surface area (Å²) in [5.41, 5.74) is 8.92. The Morgan fingerprint density at radius 2 is 1.75 bits per heavy atom. The maximum absolute atomic E-state index is 7.31. The van der Waals surface area contributed by atoms with Crippen LogP contribution in [0, 0.1) is 13.5 Å². The molecule has 0 unspecified atom stereocenters. The molecule has 0 radical (unpaired) electrons. The summed E-state index contributed by atoms with van der Waals surface area (Å²) < 4.78 is 0. The lowest BCUT2D eigenvalue weighted by molar-refractivity contribution is 0.662. The van der Waals surface area contributed by atoms with Crippen LogP contribution in [-0.4, -0.2) is 4.98 Å². The minimum absolute atomic E-state index is 0.144. The van der Waals surface area contributed by atoms with E-state index in [2.05, 4.69) is 67.0 Å². The molecule has 1 heterocycles. The van der Waals surface area contributed by atoms with Gasteiger partial charge in [0.2, 0.25) is 0 Å². The summed E-state index contributed by atoms with van der Waals surface area (Å²) in [6.45, 7) is 13.8. The highest BCUT2D eigenvalue weighted by atomic mass is 14.7. The number of aromatic nitrogens is 1. The number of pyridine rings is 1. The van der Waals surface area contributed by atoms with E-state index in [-0.39, 0.29) is 5.41 Å². The van der Waals surface area contributed by atoms with Gasteiger partial charge in [0, 0.05) is 17.2 Å². The molecule has 0 spiro atoms. The Hall–Kier alpha value is -2.92. The zero-order valence-electron chi connectivity index (χ0n) is 14.1. The smallest absolute Gasteiger partial charge is 0.187 e. The predicted molar refractivity (Wildman–Crippen MR) is 98.2 cm³/mol. The summed E-state index contributed by atoms with van der Waals surface area (Å²) >= 11 is 0. The Morgan fingerprint density at radius 3 is 2.46 bits per heavy atom. The first-order valence-corrected chi connectivity index (χ1v) is 8.11. The normalized spacial score (nSPS) is 13.9. The maximum atomic E-state index is 7.31. The molecule has 0 atom stereocenters. The molecular weight excluding hydrogens is 292 g/mol. The van der Waals surface area contributed by atoms with Gasteiger partial charge < -0.3 is 0 Å². The van der Waals surface area contributed by atoms with E-state index in [1.165, 1.54) is 27.8 Å². The van der Waals surface area contributed by atoms with Gasteiger partial charge in [-0.2, -0.15) is 0 Å². The molecule has 24 heavy (non-hydrogen) atoms. The molecule has 2 heteroatoms. The zero-order chi connectivity index (χ0) is 16.9. The molecule has 2 aromatic carbocycles. The summed E-state index contributed by atoms with van der Waals surface area (Å²) in [5.74, 6) is 0. The molecule has 2 nitrogen and oxygen atoms in total. The lowest BCUT2D eigenvalue weighted by atomic mass is 9.79. The van der Waals surface area contributed by atoms with Gasteiger partial charge in [-0.05, 0) is 40.8 Å². The minimum atomic E-state index is -0.144. The van der Waals surface area contributed by atoms with Gasteiger partial charge in [0.05, 0.1) is 12.3 Å². The highest BCUT2D eigenvalue weighted by Gasteiger charge is 2.37. The van der Waals surface area contributed by atoms with E-state index >= 15 is 0 Å². The van der Waals surface area contributed by atoms with Crippen LogP contribution in [0.25, 0.3) is 27.2 Å². The Bertz CT molecular complexity index is 989. The van der Waals surface area contributed by atoms with Crippen LogP contribution >= 0.6 is 0 Å². The summed E-state index contributed by atoms with van der Waals surface area (Å²) in [6.07, 6.45) is 1.92. The molecule has 0 fully saturated rings. The third-order valence-corrected chi connectivity index (χ3v) is 4.97. The Morgan fingerprint density at radius 1 is 0.958 bits per heavy atom. The molecule has 0 aliphatic heterocycles. The van der Waals surface area contributed by atoms with Crippen molar-refractivity contribution in [1.82, 2.24) is 4.98 Å². The molecule has 4 rings (SSSR count). The van der Waals surface area contributed by atoms with Crippen LogP contribution in [0.3, 0.4) is 0 Å². The molecule has 0 bridgehead atoms. The van der Waals surface area contributed by atoms with E-state index in [1.807, 2.05) is 18.3 Å². The van der Waals surface area contributed by atoms with Gasteiger partial charge in [0.15, 0.2) is 5.69 Å². The van der Waals surface area contributed by atoms with Gasteiger partial charge in [-0.3, -0.25) is 4.98 Å². The lowest BCUT2D eigenvalue weighted by Crippen LogP contribution is -2.16. The second-order valence-electron chi connectivity index (χ2n) is 6.92. The molecule has 1 aliphatic carbocycles. The Labute approximate surface area is 142 Å². The lowest BCUT2D eigenvalue weighted by Gasteiger charge is -2.24. The topological polar surface area (TPSA) is 17.2 Å². The highest BCUT2D eigenvalue weighted by Crippen LogP contribution is 2.52. The van der Waals surface area contributed by atoms with Gasteiger partial charge in [-0.15, -0.1) is 0 Å². The predicted octanol–water partition coefficient (Wildman–Crippen LogP) is 5.91. The van der Waals surface area contributed by atoms with E-state index in [0.29, 0.717) is 5.69 Å². The molecule has 0 amide bonds. The number of fused-ring (bicyclic) bond motifs is 3. The summed E-state index contributed by atoms with van der Waals surface area (Å²) in [4.78, 5) is 8.24. The summed E-state index contributed by atoms with van der Waals surface area (Å²) in [5, 5.41) is 0. The number of aryl methyl sites for hydroxylation is 1. The molecule has 0 N–H and O–H groups in total. The third-order valence-electron chi connectivity index (χ3n) is 4.97. The van der Waals surface area contributed by atoms with E-state index in [1.54, 1.807) is 0 Å². The third kappa shape index (κ3) is 1.98. The maximum Gasteiger partial charge on any atom is 0.187 e. The van der Waals surface area contributed by atoms with E-state index in [0.717, 1.165) is 11.3 Å². The summed E-state index contributed by atoms with van der Waals surface area (Å²) in [6, 6.07) is 16.7. The average molecular weight is 310 g/mol. The minimum Gasteiger partial charge on any atom is -0.256 e. The van der Waals surface area contributed by atoms with E-state index < -0.39 is 0 Å². The second kappa shape index (κ2) is 5.04. The van der Waals surface area contributed by atoms with Gasteiger partial charge in [-0.25, -0.2) is 4.85 Å². The van der Waals surface area contributed by atoms with Crippen LogP contribution in [0.2, 0.25) is 0 Å². The fourth-order valence-electron chi connectivity index (χ4n) is 3.78. The Balaban J connectivity index is 2.00. The van der Waals surface area contributed by atoms with Crippen molar-refractivity contribution in [2.45, 2.75) is 26.2 Å². The average Bonchev–Trinajstić information content (AvgIpc) is 2.83. The number of nitrogens with zero attached hydrogens (tertiary/aromatic N) is 2. The van der Waals surface area contributed by atoms with Crippen molar-refractivity contribution >= 4 is 5.69 Å². The van der Waals surface area contributed by atoms with Crippen LogP contribution in [0.15, 0.2) is 54.7 Å². The largest absolute Gasteiger partial charge is 0.256 e. The van der Waals surface area contributed by atoms with Crippen LogP contribution in [0.1, 0.15) is 30.5 Å². The van der Waals surface area contributed by atoms with Crippen molar-refractivity contribution in [1.29, 1.82) is 0 Å².